The minimum Gasteiger partial charge on any atom is -0.369 e. The standard InChI is InChI=1S/C20H22ClN3O4S/c21-17-8-4-5-9-18(17)24(29(27,28)16-6-2-1-3-7-16)14-19(25)23-12-10-15(11-13-23)20(22)26/h1-9,15H,10-14H2,(H2,22,26). The second kappa shape index (κ2) is 8.84. The zero-order valence-electron chi connectivity index (χ0n) is 15.7. The first-order chi connectivity index (χ1) is 13.8. The summed E-state index contributed by atoms with van der Waals surface area (Å²) in [6, 6.07) is 14.4. The molecule has 0 unspecified atom stereocenters. The zero-order chi connectivity index (χ0) is 21.0. The Balaban J connectivity index is 1.88. The van der Waals surface area contributed by atoms with Crippen molar-refractivity contribution in [1.29, 1.82) is 0 Å². The van der Waals surface area contributed by atoms with Crippen molar-refractivity contribution in [2.24, 2.45) is 11.7 Å². The van der Waals surface area contributed by atoms with Gasteiger partial charge in [-0.25, -0.2) is 8.42 Å². The molecule has 0 aliphatic carbocycles. The second-order valence-corrected chi connectivity index (χ2v) is 9.10. The van der Waals surface area contributed by atoms with Crippen LogP contribution < -0.4 is 10.0 Å². The third kappa shape index (κ3) is 4.71. The summed E-state index contributed by atoms with van der Waals surface area (Å²) < 4.78 is 27.6. The number of nitrogens with zero attached hydrogens (tertiary/aromatic N) is 2. The molecule has 1 heterocycles. The van der Waals surface area contributed by atoms with Gasteiger partial charge in [0.25, 0.3) is 10.0 Å². The number of hydrogen-bond donors (Lipinski definition) is 1. The largest absolute Gasteiger partial charge is 0.369 e. The number of anilines is 1. The van der Waals surface area contributed by atoms with E-state index >= 15 is 0 Å². The molecule has 1 saturated heterocycles. The van der Waals surface area contributed by atoms with E-state index in [4.69, 9.17) is 17.3 Å². The Bertz CT molecular complexity index is 990. The fourth-order valence-corrected chi connectivity index (χ4v) is 5.05. The molecule has 2 aromatic carbocycles. The van der Waals surface area contributed by atoms with Crippen LogP contribution >= 0.6 is 11.6 Å². The van der Waals surface area contributed by atoms with Gasteiger partial charge in [0.05, 0.1) is 15.6 Å². The van der Waals surface area contributed by atoms with Crippen molar-refractivity contribution >= 4 is 39.1 Å². The molecule has 0 radical (unpaired) electrons. The first kappa shape index (κ1) is 21.1. The highest BCUT2D eigenvalue weighted by molar-refractivity contribution is 7.92. The molecule has 0 spiro atoms. The van der Waals surface area contributed by atoms with E-state index in [1.807, 2.05) is 0 Å². The Kier molecular flexibility index (Phi) is 6.44. The van der Waals surface area contributed by atoms with Crippen LogP contribution in [0.25, 0.3) is 0 Å². The molecule has 154 valence electrons. The quantitative estimate of drug-likeness (QED) is 0.751. The summed E-state index contributed by atoms with van der Waals surface area (Å²) in [6.45, 7) is 0.324. The molecule has 3 rings (SSSR count). The maximum absolute atomic E-state index is 13.3. The van der Waals surface area contributed by atoms with E-state index in [0.717, 1.165) is 4.31 Å². The van der Waals surface area contributed by atoms with E-state index in [0.29, 0.717) is 25.9 Å². The van der Waals surface area contributed by atoms with Crippen molar-refractivity contribution in [3.8, 4) is 0 Å². The number of carbonyl (C=O) groups excluding carboxylic acids is 2. The Morgan fingerprint density at radius 3 is 2.21 bits per heavy atom. The van der Waals surface area contributed by atoms with Gasteiger partial charge in [0.1, 0.15) is 6.54 Å². The molecule has 1 aliphatic rings. The van der Waals surface area contributed by atoms with Gasteiger partial charge in [-0.1, -0.05) is 41.9 Å². The summed E-state index contributed by atoms with van der Waals surface area (Å²) in [5, 5.41) is 0.229. The highest BCUT2D eigenvalue weighted by Crippen LogP contribution is 2.30. The SMILES string of the molecule is NC(=O)C1CCN(C(=O)CN(c2ccccc2Cl)S(=O)(=O)c2ccccc2)CC1. The number of para-hydroxylation sites is 1. The Hall–Kier alpha value is -2.58. The van der Waals surface area contributed by atoms with Crippen LogP contribution in [0.5, 0.6) is 0 Å². The number of amides is 2. The second-order valence-electron chi connectivity index (χ2n) is 6.83. The van der Waals surface area contributed by atoms with Crippen molar-refractivity contribution in [1.82, 2.24) is 4.90 Å². The van der Waals surface area contributed by atoms with Gasteiger partial charge in [0.2, 0.25) is 11.8 Å². The van der Waals surface area contributed by atoms with Gasteiger partial charge in [-0.2, -0.15) is 0 Å². The van der Waals surface area contributed by atoms with Gasteiger partial charge in [0, 0.05) is 19.0 Å². The number of hydrogen-bond acceptors (Lipinski definition) is 4. The van der Waals surface area contributed by atoms with Gasteiger partial charge in [-0.05, 0) is 37.1 Å². The molecule has 2 amide bonds. The average Bonchev–Trinajstić information content (AvgIpc) is 2.73. The van der Waals surface area contributed by atoms with Crippen LogP contribution in [-0.2, 0) is 19.6 Å². The van der Waals surface area contributed by atoms with Crippen LogP contribution in [0.1, 0.15) is 12.8 Å². The first-order valence-corrected chi connectivity index (χ1v) is 11.0. The fourth-order valence-electron chi connectivity index (χ4n) is 3.31. The monoisotopic (exact) mass is 435 g/mol. The zero-order valence-corrected chi connectivity index (χ0v) is 17.3. The Morgan fingerprint density at radius 2 is 1.62 bits per heavy atom. The van der Waals surface area contributed by atoms with Crippen LogP contribution in [0.2, 0.25) is 5.02 Å². The van der Waals surface area contributed by atoms with E-state index in [1.54, 1.807) is 47.4 Å². The molecule has 0 atom stereocenters. The summed E-state index contributed by atoms with van der Waals surface area (Å²) in [4.78, 5) is 25.9. The smallest absolute Gasteiger partial charge is 0.264 e. The Labute approximate surface area is 175 Å². The topological polar surface area (TPSA) is 101 Å². The summed E-state index contributed by atoms with van der Waals surface area (Å²) in [7, 11) is -4.01. The summed E-state index contributed by atoms with van der Waals surface area (Å²) >= 11 is 6.25. The lowest BCUT2D eigenvalue weighted by Gasteiger charge is -2.33. The van der Waals surface area contributed by atoms with Gasteiger partial charge in [0.15, 0.2) is 0 Å². The molecular formula is C20H22ClN3O4S. The van der Waals surface area contributed by atoms with E-state index in [1.165, 1.54) is 12.1 Å². The van der Waals surface area contributed by atoms with E-state index < -0.39 is 10.0 Å². The van der Waals surface area contributed by atoms with E-state index in [9.17, 15) is 18.0 Å². The number of nitrogens with two attached hydrogens (primary N) is 1. The summed E-state index contributed by atoms with van der Waals surface area (Å²) in [6.07, 6.45) is 0.942. The molecule has 29 heavy (non-hydrogen) atoms. The molecule has 2 N–H and O–H groups in total. The maximum atomic E-state index is 13.3. The minimum atomic E-state index is -4.01. The highest BCUT2D eigenvalue weighted by atomic mass is 35.5. The number of carbonyl (C=O) groups is 2. The van der Waals surface area contributed by atoms with Crippen molar-refractivity contribution in [3.05, 3.63) is 59.6 Å². The number of halogens is 1. The third-order valence-corrected chi connectivity index (χ3v) is 7.07. The number of piperidine rings is 1. The van der Waals surface area contributed by atoms with Crippen molar-refractivity contribution in [3.63, 3.8) is 0 Å². The van der Waals surface area contributed by atoms with Crippen LogP contribution in [0, 0.1) is 5.92 Å². The molecule has 9 heteroatoms. The molecule has 1 fully saturated rings. The van der Waals surface area contributed by atoms with Crippen LogP contribution in [0.3, 0.4) is 0 Å². The highest BCUT2D eigenvalue weighted by Gasteiger charge is 2.32. The van der Waals surface area contributed by atoms with Crippen molar-refractivity contribution < 1.29 is 18.0 Å². The van der Waals surface area contributed by atoms with Crippen LogP contribution in [-0.4, -0.2) is 44.8 Å². The lowest BCUT2D eigenvalue weighted by Crippen LogP contribution is -2.47. The molecular weight excluding hydrogens is 414 g/mol. The average molecular weight is 436 g/mol. The van der Waals surface area contributed by atoms with Crippen LogP contribution in [0.15, 0.2) is 59.5 Å². The predicted octanol–water partition coefficient (Wildman–Crippen LogP) is 2.26. The molecule has 0 aromatic heterocycles. The van der Waals surface area contributed by atoms with Gasteiger partial charge >= 0.3 is 0 Å². The lowest BCUT2D eigenvalue weighted by atomic mass is 9.96. The van der Waals surface area contributed by atoms with Gasteiger partial charge in [-0.15, -0.1) is 0 Å². The predicted molar refractivity (Wildman–Crippen MR) is 111 cm³/mol. The van der Waals surface area contributed by atoms with Crippen molar-refractivity contribution in [2.75, 3.05) is 23.9 Å². The normalized spacial score (nSPS) is 15.1. The van der Waals surface area contributed by atoms with E-state index in [2.05, 4.69) is 0 Å². The summed E-state index contributed by atoms with van der Waals surface area (Å²) in [5.41, 5.74) is 5.57. The third-order valence-electron chi connectivity index (χ3n) is 4.98. The number of rotatable bonds is 6. The molecule has 7 nitrogen and oxygen atoms in total. The molecule has 0 saturated carbocycles. The van der Waals surface area contributed by atoms with Crippen LogP contribution in [0.4, 0.5) is 5.69 Å². The van der Waals surface area contributed by atoms with E-state index in [-0.39, 0.29) is 39.9 Å². The Morgan fingerprint density at radius 1 is 1.03 bits per heavy atom. The number of sulfonamides is 1. The fraction of sp³-hybridized carbons (Fsp3) is 0.300. The first-order valence-electron chi connectivity index (χ1n) is 9.20. The lowest BCUT2D eigenvalue weighted by molar-refractivity contribution is -0.133. The van der Waals surface area contributed by atoms with Crippen molar-refractivity contribution in [2.45, 2.75) is 17.7 Å². The maximum Gasteiger partial charge on any atom is 0.264 e. The number of benzene rings is 2. The number of likely N-dealkylation sites (tertiary alicyclic amines) is 1. The number of primary amides is 1. The minimum absolute atomic E-state index is 0.0696. The summed E-state index contributed by atoms with van der Waals surface area (Å²) in [5.74, 6) is -0.986. The van der Waals surface area contributed by atoms with Gasteiger partial charge in [-0.3, -0.25) is 13.9 Å². The molecule has 2 aromatic rings. The molecule has 0 bridgehead atoms. The molecule has 1 aliphatic heterocycles. The van der Waals surface area contributed by atoms with Gasteiger partial charge < -0.3 is 10.6 Å².